The number of nitriles is 1. The van der Waals surface area contributed by atoms with Gasteiger partial charge >= 0.3 is 0 Å². The molecular weight excluding hydrogens is 242 g/mol. The van der Waals surface area contributed by atoms with Crippen LogP contribution in [0.15, 0.2) is 42.5 Å². The Morgan fingerprint density at radius 2 is 1.95 bits per heavy atom. The van der Waals surface area contributed by atoms with Crippen molar-refractivity contribution in [2.24, 2.45) is 5.73 Å². The Balaban J connectivity index is 2.36. The molecule has 0 saturated heterocycles. The van der Waals surface area contributed by atoms with Crippen molar-refractivity contribution in [3.8, 4) is 17.6 Å². The molecule has 19 heavy (non-hydrogen) atoms. The molecule has 2 aromatic rings. The summed E-state index contributed by atoms with van der Waals surface area (Å²) in [6.07, 6.45) is 0. The van der Waals surface area contributed by atoms with Gasteiger partial charge in [0.2, 0.25) is 0 Å². The quantitative estimate of drug-likeness (QED) is 0.817. The maximum Gasteiger partial charge on any atom is 0.250 e. The Kier molecular flexibility index (Phi) is 3.35. The molecule has 0 radical (unpaired) electrons. The molecular formula is C14H11N3O2. The lowest BCUT2D eigenvalue weighted by Crippen LogP contribution is -2.13. The average molecular weight is 253 g/mol. The fraction of sp³-hybridized carbons (Fsp3) is 0. The lowest BCUT2D eigenvalue weighted by atomic mass is 10.1. The van der Waals surface area contributed by atoms with E-state index in [4.69, 9.17) is 21.5 Å². The Morgan fingerprint density at radius 3 is 2.63 bits per heavy atom. The summed E-state index contributed by atoms with van der Waals surface area (Å²) < 4.78 is 5.56. The van der Waals surface area contributed by atoms with Crippen molar-refractivity contribution in [1.82, 2.24) is 0 Å². The zero-order valence-corrected chi connectivity index (χ0v) is 9.96. The molecule has 2 rings (SSSR count). The first-order valence-electron chi connectivity index (χ1n) is 5.48. The minimum atomic E-state index is -0.617. The number of hydrogen-bond acceptors (Lipinski definition) is 4. The van der Waals surface area contributed by atoms with Crippen LogP contribution < -0.4 is 16.2 Å². The van der Waals surface area contributed by atoms with Crippen LogP contribution in [0.1, 0.15) is 15.9 Å². The second kappa shape index (κ2) is 5.10. The predicted octanol–water partition coefficient (Wildman–Crippen LogP) is 2.03. The summed E-state index contributed by atoms with van der Waals surface area (Å²) in [5, 5.41) is 8.81. The van der Waals surface area contributed by atoms with Gasteiger partial charge in [0.05, 0.1) is 22.9 Å². The third kappa shape index (κ3) is 2.64. The van der Waals surface area contributed by atoms with Gasteiger partial charge in [0.25, 0.3) is 5.91 Å². The summed E-state index contributed by atoms with van der Waals surface area (Å²) in [6, 6.07) is 13.4. The number of nitrogen functional groups attached to an aromatic ring is 1. The second-order valence-electron chi connectivity index (χ2n) is 3.82. The van der Waals surface area contributed by atoms with Gasteiger partial charge in [-0.25, -0.2) is 0 Å². The maximum absolute atomic E-state index is 11.2. The number of hydrogen-bond donors (Lipinski definition) is 2. The van der Waals surface area contributed by atoms with Gasteiger partial charge in [-0.15, -0.1) is 0 Å². The molecule has 0 aliphatic carbocycles. The van der Waals surface area contributed by atoms with Crippen LogP contribution in [0.3, 0.4) is 0 Å². The Hall–Kier alpha value is -3.00. The van der Waals surface area contributed by atoms with Gasteiger partial charge in [-0.3, -0.25) is 4.79 Å². The van der Waals surface area contributed by atoms with E-state index in [-0.39, 0.29) is 11.3 Å². The van der Waals surface area contributed by atoms with E-state index in [9.17, 15) is 4.79 Å². The van der Waals surface area contributed by atoms with Gasteiger partial charge in [-0.2, -0.15) is 5.26 Å². The van der Waals surface area contributed by atoms with Crippen molar-refractivity contribution in [2.45, 2.75) is 0 Å². The third-order valence-electron chi connectivity index (χ3n) is 2.52. The number of primary amides is 1. The number of amides is 1. The van der Waals surface area contributed by atoms with Gasteiger partial charge in [0.15, 0.2) is 5.75 Å². The number of benzene rings is 2. The van der Waals surface area contributed by atoms with E-state index < -0.39 is 5.91 Å². The van der Waals surface area contributed by atoms with Gasteiger partial charge in [-0.05, 0) is 30.3 Å². The van der Waals surface area contributed by atoms with E-state index >= 15 is 0 Å². The number of ether oxygens (including phenoxy) is 1. The summed E-state index contributed by atoms with van der Waals surface area (Å²) in [5.41, 5.74) is 11.9. The van der Waals surface area contributed by atoms with Gasteiger partial charge < -0.3 is 16.2 Å². The molecule has 0 aromatic heterocycles. The van der Waals surface area contributed by atoms with Crippen LogP contribution in [0.4, 0.5) is 5.69 Å². The number of nitrogens with zero attached hydrogens (tertiary/aromatic N) is 1. The molecule has 0 saturated carbocycles. The van der Waals surface area contributed by atoms with E-state index in [1.165, 1.54) is 6.07 Å². The summed E-state index contributed by atoms with van der Waals surface area (Å²) in [5.74, 6) is 0.174. The topological polar surface area (TPSA) is 102 Å². The van der Waals surface area contributed by atoms with Crippen LogP contribution in [-0.4, -0.2) is 5.91 Å². The molecule has 94 valence electrons. The van der Waals surface area contributed by atoms with Crippen LogP contribution in [0.25, 0.3) is 0 Å². The highest BCUT2D eigenvalue weighted by atomic mass is 16.5. The molecule has 5 nitrogen and oxygen atoms in total. The van der Waals surface area contributed by atoms with Gasteiger partial charge in [-0.1, -0.05) is 12.1 Å². The predicted molar refractivity (Wildman–Crippen MR) is 70.6 cm³/mol. The van der Waals surface area contributed by atoms with E-state index in [1.54, 1.807) is 36.4 Å². The van der Waals surface area contributed by atoms with Gasteiger partial charge in [0, 0.05) is 0 Å². The fourth-order valence-corrected chi connectivity index (χ4v) is 1.60. The van der Waals surface area contributed by atoms with Crippen LogP contribution in [0, 0.1) is 11.3 Å². The molecule has 0 bridgehead atoms. The van der Waals surface area contributed by atoms with Crippen molar-refractivity contribution in [3.63, 3.8) is 0 Å². The number of rotatable bonds is 3. The van der Waals surface area contributed by atoms with Crippen LogP contribution >= 0.6 is 0 Å². The summed E-state index contributed by atoms with van der Waals surface area (Å²) in [4.78, 5) is 11.2. The summed E-state index contributed by atoms with van der Waals surface area (Å²) >= 11 is 0. The fourth-order valence-electron chi connectivity index (χ4n) is 1.60. The zero-order chi connectivity index (χ0) is 13.8. The summed E-state index contributed by atoms with van der Waals surface area (Å²) in [7, 11) is 0. The Bertz CT molecular complexity index is 675. The Morgan fingerprint density at radius 1 is 1.21 bits per heavy atom. The molecule has 0 aliphatic heterocycles. The second-order valence-corrected chi connectivity index (χ2v) is 3.82. The minimum absolute atomic E-state index is 0.178. The van der Waals surface area contributed by atoms with E-state index in [0.29, 0.717) is 17.1 Å². The molecule has 1 amide bonds. The maximum atomic E-state index is 11.2. The first-order chi connectivity index (χ1) is 9.11. The molecule has 0 unspecified atom stereocenters. The van der Waals surface area contributed by atoms with E-state index in [0.717, 1.165) is 0 Å². The molecule has 5 heteroatoms. The van der Waals surface area contributed by atoms with E-state index in [2.05, 4.69) is 0 Å². The third-order valence-corrected chi connectivity index (χ3v) is 2.52. The highest BCUT2D eigenvalue weighted by molar-refractivity contribution is 5.99. The summed E-state index contributed by atoms with van der Waals surface area (Å²) in [6.45, 7) is 0. The van der Waals surface area contributed by atoms with Crippen LogP contribution in [-0.2, 0) is 0 Å². The molecule has 2 aromatic carbocycles. The molecule has 0 aliphatic rings. The van der Waals surface area contributed by atoms with Crippen molar-refractivity contribution in [1.29, 1.82) is 5.26 Å². The number of carbonyl (C=O) groups excluding carboxylic acids is 1. The first kappa shape index (κ1) is 12.5. The molecule has 0 atom stereocenters. The smallest absolute Gasteiger partial charge is 0.250 e. The molecule has 0 heterocycles. The number of carbonyl (C=O) groups is 1. The lowest BCUT2D eigenvalue weighted by Gasteiger charge is -2.10. The van der Waals surface area contributed by atoms with E-state index in [1.807, 2.05) is 6.07 Å². The molecule has 0 spiro atoms. The van der Waals surface area contributed by atoms with Crippen molar-refractivity contribution in [3.05, 3.63) is 53.6 Å². The largest absolute Gasteiger partial charge is 0.455 e. The number of nitrogens with two attached hydrogens (primary N) is 2. The lowest BCUT2D eigenvalue weighted by molar-refractivity contribution is 0.100. The minimum Gasteiger partial charge on any atom is -0.455 e. The van der Waals surface area contributed by atoms with Crippen LogP contribution in [0.5, 0.6) is 11.5 Å². The normalized spacial score (nSPS) is 9.63. The van der Waals surface area contributed by atoms with Crippen LogP contribution in [0.2, 0.25) is 0 Å². The van der Waals surface area contributed by atoms with Crippen molar-refractivity contribution >= 4 is 11.6 Å². The average Bonchev–Trinajstić information content (AvgIpc) is 2.41. The SMILES string of the molecule is N#Cc1cccc(Oc2cccc(C(N)=O)c2N)c1. The highest BCUT2D eigenvalue weighted by Gasteiger charge is 2.11. The standard InChI is InChI=1S/C14H11N3O2/c15-8-9-3-1-4-10(7-9)19-12-6-2-5-11(13(12)16)14(17)18/h1-7H,16H2,(H2,17,18). The number of anilines is 1. The molecule has 0 fully saturated rings. The first-order valence-corrected chi connectivity index (χ1v) is 5.48. The monoisotopic (exact) mass is 253 g/mol. The van der Waals surface area contributed by atoms with Gasteiger partial charge in [0.1, 0.15) is 5.75 Å². The van der Waals surface area contributed by atoms with Crippen molar-refractivity contribution < 1.29 is 9.53 Å². The van der Waals surface area contributed by atoms with Crippen molar-refractivity contribution in [2.75, 3.05) is 5.73 Å². The zero-order valence-electron chi connectivity index (χ0n) is 9.96. The highest BCUT2D eigenvalue weighted by Crippen LogP contribution is 2.30. The number of para-hydroxylation sites is 1. The Labute approximate surface area is 110 Å². The molecule has 4 N–H and O–H groups in total.